The molecule has 0 aliphatic rings. The van der Waals surface area contributed by atoms with E-state index in [1.807, 2.05) is 33.3 Å². The number of carbonyl (C=O) groups is 2. The fourth-order valence-electron chi connectivity index (χ4n) is 6.96. The first-order valence-electron chi connectivity index (χ1n) is 25.3. The van der Waals surface area contributed by atoms with Gasteiger partial charge in [0.1, 0.15) is 19.8 Å². The topological polar surface area (TPSA) is 111 Å². The zero-order valence-corrected chi connectivity index (χ0v) is 41.7. The molecule has 62 heavy (non-hydrogen) atoms. The molecule has 0 amide bonds. The lowest BCUT2D eigenvalue weighted by molar-refractivity contribution is -0.870. The molecule has 0 bridgehead atoms. The van der Waals surface area contributed by atoms with Gasteiger partial charge in [-0.2, -0.15) is 0 Å². The number of nitrogens with zero attached hydrogens (tertiary/aromatic N) is 1. The summed E-state index contributed by atoms with van der Waals surface area (Å²) in [6.45, 7) is 4.05. The molecule has 2 atom stereocenters. The zero-order chi connectivity index (χ0) is 45.7. The monoisotopic (exact) mass is 894 g/mol. The third-order valence-corrected chi connectivity index (χ3v) is 11.8. The summed E-state index contributed by atoms with van der Waals surface area (Å²) in [5.41, 5.74) is 0. The van der Waals surface area contributed by atoms with E-state index >= 15 is 0 Å². The quantitative estimate of drug-likeness (QED) is 0.0195. The van der Waals surface area contributed by atoms with Crippen molar-refractivity contribution in [1.82, 2.24) is 0 Å². The number of phosphoric acid groups is 1. The molecule has 0 saturated carbocycles. The molecule has 10 heteroatoms. The highest BCUT2D eigenvalue weighted by molar-refractivity contribution is 7.45. The summed E-state index contributed by atoms with van der Waals surface area (Å²) in [6, 6.07) is 0. The van der Waals surface area contributed by atoms with Crippen LogP contribution in [0, 0.1) is 0 Å². The molecule has 9 nitrogen and oxygen atoms in total. The van der Waals surface area contributed by atoms with Gasteiger partial charge in [-0.05, 0) is 38.5 Å². The summed E-state index contributed by atoms with van der Waals surface area (Å²) in [4.78, 5) is 37.6. The van der Waals surface area contributed by atoms with Crippen LogP contribution in [0.3, 0.4) is 0 Å². The van der Waals surface area contributed by atoms with E-state index in [0.717, 1.165) is 44.9 Å². The van der Waals surface area contributed by atoms with Crippen LogP contribution in [-0.2, 0) is 32.7 Å². The van der Waals surface area contributed by atoms with Crippen molar-refractivity contribution in [2.45, 2.75) is 225 Å². The van der Waals surface area contributed by atoms with Gasteiger partial charge >= 0.3 is 11.9 Å². The smallest absolute Gasteiger partial charge is 0.306 e. The van der Waals surface area contributed by atoms with E-state index < -0.39 is 32.5 Å². The van der Waals surface area contributed by atoms with Crippen molar-refractivity contribution in [2.24, 2.45) is 0 Å². The Bertz CT molecular complexity index is 1190. The first-order valence-corrected chi connectivity index (χ1v) is 26.8. The third kappa shape index (κ3) is 47.4. The molecule has 0 aromatic heterocycles. The predicted molar refractivity (Wildman–Crippen MR) is 259 cm³/mol. The highest BCUT2D eigenvalue weighted by Gasteiger charge is 2.21. The van der Waals surface area contributed by atoms with Crippen LogP contribution >= 0.6 is 7.82 Å². The average Bonchev–Trinajstić information content (AvgIpc) is 3.23. The molecule has 0 rings (SSSR count). The normalized spacial score (nSPS) is 13.8. The molecule has 0 aromatic rings. The van der Waals surface area contributed by atoms with Gasteiger partial charge in [-0.3, -0.25) is 14.2 Å². The molecule has 362 valence electrons. The minimum absolute atomic E-state index is 0.0435. The zero-order valence-electron chi connectivity index (χ0n) is 40.8. The maximum atomic E-state index is 12.6. The number of ether oxygens (including phenoxy) is 2. The van der Waals surface area contributed by atoms with Crippen LogP contribution in [0.1, 0.15) is 219 Å². The fraction of sp³-hybridized carbons (Fsp3) is 0.808. The van der Waals surface area contributed by atoms with Gasteiger partial charge in [0.15, 0.2) is 6.10 Å². The maximum Gasteiger partial charge on any atom is 0.306 e. The lowest BCUT2D eigenvalue weighted by Gasteiger charge is -2.28. The number of quaternary nitrogens is 1. The van der Waals surface area contributed by atoms with E-state index in [0.29, 0.717) is 17.4 Å². The molecule has 2 unspecified atom stereocenters. The maximum absolute atomic E-state index is 12.6. The Morgan fingerprint density at radius 3 is 1.34 bits per heavy atom. The van der Waals surface area contributed by atoms with Gasteiger partial charge in [-0.15, -0.1) is 0 Å². The number of esters is 2. The summed E-state index contributed by atoms with van der Waals surface area (Å²) in [7, 11) is 1.12. The number of hydrogen-bond acceptors (Lipinski definition) is 8. The second-order valence-electron chi connectivity index (χ2n) is 18.2. The van der Waals surface area contributed by atoms with Gasteiger partial charge in [0, 0.05) is 12.8 Å². The lowest BCUT2D eigenvalue weighted by atomic mass is 10.0. The van der Waals surface area contributed by atoms with Gasteiger partial charge in [0.05, 0.1) is 27.7 Å². The second-order valence-corrected chi connectivity index (χ2v) is 19.6. The Kier molecular flexibility index (Phi) is 42.7. The van der Waals surface area contributed by atoms with Crippen molar-refractivity contribution in [3.05, 3.63) is 48.6 Å². The molecule has 0 aliphatic heterocycles. The largest absolute Gasteiger partial charge is 0.756 e. The second kappa shape index (κ2) is 44.2. The minimum Gasteiger partial charge on any atom is -0.756 e. The summed E-state index contributed by atoms with van der Waals surface area (Å²) in [6.07, 6.45) is 53.3. The number of allylic oxidation sites excluding steroid dienone is 8. The van der Waals surface area contributed by atoms with Crippen molar-refractivity contribution < 1.29 is 42.1 Å². The summed E-state index contributed by atoms with van der Waals surface area (Å²) in [5, 5.41) is 0. The number of hydrogen-bond donors (Lipinski definition) is 0. The van der Waals surface area contributed by atoms with Gasteiger partial charge < -0.3 is 27.9 Å². The van der Waals surface area contributed by atoms with Crippen molar-refractivity contribution in [1.29, 1.82) is 0 Å². The Morgan fingerprint density at radius 2 is 0.919 bits per heavy atom. The van der Waals surface area contributed by atoms with Crippen LogP contribution in [0.4, 0.5) is 0 Å². The van der Waals surface area contributed by atoms with Crippen molar-refractivity contribution in [3.8, 4) is 0 Å². The van der Waals surface area contributed by atoms with Crippen LogP contribution in [0.2, 0.25) is 0 Å². The Hall–Kier alpha value is -2.03. The molecule has 0 aliphatic carbocycles. The molecule has 0 radical (unpaired) electrons. The predicted octanol–water partition coefficient (Wildman–Crippen LogP) is 14.4. The van der Waals surface area contributed by atoms with E-state index in [1.54, 1.807) is 0 Å². The van der Waals surface area contributed by atoms with Crippen molar-refractivity contribution in [3.63, 3.8) is 0 Å². The molecule has 0 aromatic carbocycles. The van der Waals surface area contributed by atoms with E-state index in [1.165, 1.54) is 141 Å². The first-order chi connectivity index (χ1) is 30.0. The van der Waals surface area contributed by atoms with Crippen LogP contribution < -0.4 is 4.89 Å². The SMILES string of the molecule is CC/C=C\C/C=C\C/C=C\C/C=C\CCC(=O)OC(COC(=O)CCCCCCCCCCCCCCCCCCCCCCCCCCC)COP(=O)([O-])OCC[N+](C)(C)C. The van der Waals surface area contributed by atoms with Gasteiger partial charge in [-0.25, -0.2) is 0 Å². The highest BCUT2D eigenvalue weighted by Crippen LogP contribution is 2.38. The molecule has 0 heterocycles. The van der Waals surface area contributed by atoms with Gasteiger partial charge in [-0.1, -0.05) is 217 Å². The number of likely N-dealkylation sites (N-methyl/N-ethyl adjacent to an activating group) is 1. The molecule has 0 saturated heterocycles. The van der Waals surface area contributed by atoms with Crippen LogP contribution in [-0.4, -0.2) is 70.0 Å². The van der Waals surface area contributed by atoms with E-state index in [2.05, 4.69) is 50.3 Å². The van der Waals surface area contributed by atoms with Crippen molar-refractivity contribution in [2.75, 3.05) is 47.5 Å². The van der Waals surface area contributed by atoms with E-state index in [-0.39, 0.29) is 26.1 Å². The molecule has 0 fully saturated rings. The highest BCUT2D eigenvalue weighted by atomic mass is 31.2. The Labute approximate surface area is 382 Å². The van der Waals surface area contributed by atoms with Gasteiger partial charge in [0.25, 0.3) is 7.82 Å². The van der Waals surface area contributed by atoms with Gasteiger partial charge in [0.2, 0.25) is 0 Å². The lowest BCUT2D eigenvalue weighted by Crippen LogP contribution is -2.37. The molecular formula is C52H96NO8P. The molecule has 0 N–H and O–H groups in total. The summed E-state index contributed by atoms with van der Waals surface area (Å²) >= 11 is 0. The Balaban J connectivity index is 4.17. The van der Waals surface area contributed by atoms with Crippen molar-refractivity contribution >= 4 is 19.8 Å². The van der Waals surface area contributed by atoms with Crippen LogP contribution in [0.15, 0.2) is 48.6 Å². The third-order valence-electron chi connectivity index (χ3n) is 10.9. The number of rotatable bonds is 46. The number of carbonyl (C=O) groups excluding carboxylic acids is 2. The fourth-order valence-corrected chi connectivity index (χ4v) is 7.69. The minimum atomic E-state index is -4.64. The number of phosphoric ester groups is 1. The Morgan fingerprint density at radius 1 is 0.516 bits per heavy atom. The van der Waals surface area contributed by atoms with E-state index in [9.17, 15) is 19.0 Å². The average molecular weight is 894 g/mol. The molecular weight excluding hydrogens is 798 g/mol. The summed E-state index contributed by atoms with van der Waals surface area (Å²) in [5.74, 6) is -0.923. The standard InChI is InChI=1S/C52H96NO8P/c1-6-8-10-12-14-16-18-20-21-22-23-24-25-26-27-28-29-30-31-33-34-36-38-40-42-44-51(54)58-48-50(49-60-62(56,57)59-47-46-53(3,4)5)61-52(55)45-43-41-39-37-35-32-19-17-15-13-11-9-7-2/h9,11,15,17,32,35,39,41,50H,6-8,10,12-14,16,18-31,33-34,36-38,40,42-49H2,1-5H3/b11-9-,17-15-,35-32-,41-39-. The van der Waals surface area contributed by atoms with Crippen LogP contribution in [0.25, 0.3) is 0 Å². The first kappa shape index (κ1) is 60.0. The van der Waals surface area contributed by atoms with E-state index in [4.69, 9.17) is 18.5 Å². The summed E-state index contributed by atoms with van der Waals surface area (Å²) < 4.78 is 33.9. The van der Waals surface area contributed by atoms with Crippen LogP contribution in [0.5, 0.6) is 0 Å². The number of unbranched alkanes of at least 4 members (excludes halogenated alkanes) is 24. The molecule has 0 spiro atoms.